The van der Waals surface area contributed by atoms with Crippen molar-refractivity contribution in [1.29, 1.82) is 0 Å². The van der Waals surface area contributed by atoms with E-state index in [-0.39, 0.29) is 5.44 Å². The Kier molecular flexibility index (Phi) is 3.29. The molecule has 0 radical (unpaired) electrons. The second kappa shape index (κ2) is 4.26. The normalized spacial score (nSPS) is 12.5. The van der Waals surface area contributed by atoms with E-state index in [9.17, 15) is 0 Å². The van der Waals surface area contributed by atoms with Gasteiger partial charge in [-0.15, -0.1) is 12.6 Å². The van der Waals surface area contributed by atoms with Gasteiger partial charge in [0, 0.05) is 5.69 Å². The summed E-state index contributed by atoms with van der Waals surface area (Å²) in [6.45, 7) is 2.02. The molecule has 2 nitrogen and oxygen atoms in total. The first kappa shape index (κ1) is 9.26. The highest BCUT2D eigenvalue weighted by molar-refractivity contribution is 7.80. The van der Waals surface area contributed by atoms with Gasteiger partial charge in [0.2, 0.25) is 0 Å². The summed E-state index contributed by atoms with van der Waals surface area (Å²) in [4.78, 5) is 0. The molecule has 0 bridgehead atoms. The van der Waals surface area contributed by atoms with Crippen molar-refractivity contribution in [1.82, 2.24) is 0 Å². The molecule has 0 amide bonds. The SMILES string of the molecule is CCC(S)Oc1ccc(N)cc1. The van der Waals surface area contributed by atoms with E-state index in [2.05, 4.69) is 12.6 Å². The van der Waals surface area contributed by atoms with Crippen molar-refractivity contribution in [2.75, 3.05) is 5.73 Å². The van der Waals surface area contributed by atoms with Gasteiger partial charge in [-0.3, -0.25) is 0 Å². The predicted molar refractivity (Wildman–Crippen MR) is 54.5 cm³/mol. The van der Waals surface area contributed by atoms with E-state index in [1.807, 2.05) is 31.2 Å². The molecule has 0 aromatic heterocycles. The zero-order chi connectivity index (χ0) is 8.97. The minimum Gasteiger partial charge on any atom is -0.480 e. The zero-order valence-corrected chi connectivity index (χ0v) is 7.92. The van der Waals surface area contributed by atoms with Crippen molar-refractivity contribution >= 4 is 18.3 Å². The van der Waals surface area contributed by atoms with Crippen LogP contribution in [0.15, 0.2) is 24.3 Å². The Labute approximate surface area is 78.1 Å². The van der Waals surface area contributed by atoms with E-state index in [0.29, 0.717) is 0 Å². The highest BCUT2D eigenvalue weighted by Crippen LogP contribution is 2.16. The molecule has 3 heteroatoms. The number of hydrogen-bond donors (Lipinski definition) is 2. The lowest BCUT2D eigenvalue weighted by Gasteiger charge is -2.11. The van der Waals surface area contributed by atoms with E-state index in [1.165, 1.54) is 0 Å². The van der Waals surface area contributed by atoms with E-state index in [1.54, 1.807) is 0 Å². The molecule has 0 fully saturated rings. The van der Waals surface area contributed by atoms with Crippen LogP contribution in [-0.2, 0) is 0 Å². The topological polar surface area (TPSA) is 35.2 Å². The maximum atomic E-state index is 5.52. The average molecular weight is 183 g/mol. The van der Waals surface area contributed by atoms with Crippen LogP contribution in [0.1, 0.15) is 13.3 Å². The van der Waals surface area contributed by atoms with E-state index in [4.69, 9.17) is 10.5 Å². The third kappa shape index (κ3) is 2.66. The summed E-state index contributed by atoms with van der Waals surface area (Å²) >= 11 is 4.21. The van der Waals surface area contributed by atoms with Crippen molar-refractivity contribution in [3.05, 3.63) is 24.3 Å². The summed E-state index contributed by atoms with van der Waals surface area (Å²) in [5, 5.41) is 0. The van der Waals surface area contributed by atoms with E-state index >= 15 is 0 Å². The molecule has 2 N–H and O–H groups in total. The van der Waals surface area contributed by atoms with Crippen molar-refractivity contribution in [2.24, 2.45) is 0 Å². The minimum atomic E-state index is -0.0337. The van der Waals surface area contributed by atoms with Crippen molar-refractivity contribution in [3.63, 3.8) is 0 Å². The summed E-state index contributed by atoms with van der Waals surface area (Å²) in [5.74, 6) is 0.811. The molecule has 0 heterocycles. The van der Waals surface area contributed by atoms with E-state index in [0.717, 1.165) is 17.9 Å². The molecule has 1 aromatic carbocycles. The number of nitrogens with two attached hydrogens (primary N) is 1. The van der Waals surface area contributed by atoms with Crippen LogP contribution < -0.4 is 10.5 Å². The Morgan fingerprint density at radius 3 is 2.50 bits per heavy atom. The number of thiol groups is 1. The maximum absolute atomic E-state index is 5.52. The van der Waals surface area contributed by atoms with Crippen LogP contribution in [0.25, 0.3) is 0 Å². The Balaban J connectivity index is 2.58. The van der Waals surface area contributed by atoms with Crippen molar-refractivity contribution in [3.8, 4) is 5.75 Å². The lowest BCUT2D eigenvalue weighted by Crippen LogP contribution is -2.06. The molecule has 1 aromatic rings. The Morgan fingerprint density at radius 2 is 2.00 bits per heavy atom. The number of nitrogen functional groups attached to an aromatic ring is 1. The van der Waals surface area contributed by atoms with Crippen LogP contribution in [0, 0.1) is 0 Å². The number of anilines is 1. The van der Waals surface area contributed by atoms with Gasteiger partial charge in [-0.25, -0.2) is 0 Å². The quantitative estimate of drug-likeness (QED) is 0.428. The Bertz CT molecular complexity index is 235. The number of hydrogen-bond acceptors (Lipinski definition) is 3. The van der Waals surface area contributed by atoms with Gasteiger partial charge in [0.05, 0.1) is 0 Å². The summed E-state index contributed by atoms with van der Waals surface area (Å²) in [6.07, 6.45) is 0.882. The highest BCUT2D eigenvalue weighted by atomic mass is 32.1. The molecule has 0 spiro atoms. The van der Waals surface area contributed by atoms with Gasteiger partial charge in [-0.05, 0) is 30.7 Å². The fourth-order valence-corrected chi connectivity index (χ4v) is 0.909. The highest BCUT2D eigenvalue weighted by Gasteiger charge is 2.00. The molecule has 1 atom stereocenters. The van der Waals surface area contributed by atoms with E-state index < -0.39 is 0 Å². The molecule has 0 saturated carbocycles. The van der Waals surface area contributed by atoms with Gasteiger partial charge in [0.25, 0.3) is 0 Å². The Hall–Kier alpha value is -0.830. The molecular formula is C9H13NOS. The van der Waals surface area contributed by atoms with Crippen LogP contribution >= 0.6 is 12.6 Å². The third-order valence-electron chi connectivity index (χ3n) is 1.50. The first-order valence-electron chi connectivity index (χ1n) is 3.92. The lowest BCUT2D eigenvalue weighted by molar-refractivity contribution is 0.286. The Morgan fingerprint density at radius 1 is 1.42 bits per heavy atom. The lowest BCUT2D eigenvalue weighted by atomic mass is 10.3. The molecule has 0 saturated heterocycles. The molecule has 12 heavy (non-hydrogen) atoms. The number of benzene rings is 1. The molecular weight excluding hydrogens is 170 g/mol. The van der Waals surface area contributed by atoms with Crippen LogP contribution in [0.3, 0.4) is 0 Å². The summed E-state index contributed by atoms with van der Waals surface area (Å²) < 4.78 is 5.43. The van der Waals surface area contributed by atoms with Gasteiger partial charge in [-0.1, -0.05) is 6.92 Å². The summed E-state index contributed by atoms with van der Waals surface area (Å²) in [7, 11) is 0. The smallest absolute Gasteiger partial charge is 0.141 e. The predicted octanol–water partition coefficient (Wildman–Crippen LogP) is 2.31. The first-order chi connectivity index (χ1) is 5.72. The monoisotopic (exact) mass is 183 g/mol. The standard InChI is InChI=1S/C9H13NOS/c1-2-9(12)11-8-5-3-7(10)4-6-8/h3-6,9,12H,2,10H2,1H3. The number of rotatable bonds is 3. The van der Waals surface area contributed by atoms with Crippen LogP contribution in [0.4, 0.5) is 5.69 Å². The van der Waals surface area contributed by atoms with Gasteiger partial charge >= 0.3 is 0 Å². The molecule has 1 unspecified atom stereocenters. The molecule has 0 aliphatic carbocycles. The second-order valence-electron chi connectivity index (χ2n) is 2.55. The summed E-state index contributed by atoms with van der Waals surface area (Å²) in [6, 6.07) is 7.30. The summed E-state index contributed by atoms with van der Waals surface area (Å²) in [5.41, 5.74) is 6.23. The van der Waals surface area contributed by atoms with Gasteiger partial charge in [0.15, 0.2) is 0 Å². The minimum absolute atomic E-state index is 0.0337. The maximum Gasteiger partial charge on any atom is 0.141 e. The molecule has 0 aliphatic heterocycles. The van der Waals surface area contributed by atoms with Gasteiger partial charge in [-0.2, -0.15) is 0 Å². The van der Waals surface area contributed by atoms with Crippen LogP contribution in [0.2, 0.25) is 0 Å². The van der Waals surface area contributed by atoms with Gasteiger partial charge in [0.1, 0.15) is 11.2 Å². The fraction of sp³-hybridized carbons (Fsp3) is 0.333. The van der Waals surface area contributed by atoms with Crippen LogP contribution in [0.5, 0.6) is 5.75 Å². The van der Waals surface area contributed by atoms with Crippen molar-refractivity contribution in [2.45, 2.75) is 18.8 Å². The second-order valence-corrected chi connectivity index (χ2v) is 3.13. The van der Waals surface area contributed by atoms with Gasteiger partial charge < -0.3 is 10.5 Å². The molecule has 1 rings (SSSR count). The third-order valence-corrected chi connectivity index (χ3v) is 1.97. The average Bonchev–Trinajstić information content (AvgIpc) is 2.09. The molecule has 0 aliphatic rings. The zero-order valence-electron chi connectivity index (χ0n) is 7.03. The number of ether oxygens (including phenoxy) is 1. The van der Waals surface area contributed by atoms with Crippen LogP contribution in [-0.4, -0.2) is 5.44 Å². The largest absolute Gasteiger partial charge is 0.480 e. The first-order valence-corrected chi connectivity index (χ1v) is 4.44. The fourth-order valence-electron chi connectivity index (χ4n) is 0.787. The van der Waals surface area contributed by atoms with Crippen molar-refractivity contribution < 1.29 is 4.74 Å². The molecule has 66 valence electrons.